The van der Waals surface area contributed by atoms with Gasteiger partial charge in [0.15, 0.2) is 5.65 Å². The van der Waals surface area contributed by atoms with Gasteiger partial charge in [-0.25, -0.2) is 4.98 Å². The molecule has 0 saturated heterocycles. The van der Waals surface area contributed by atoms with Gasteiger partial charge in [-0.3, -0.25) is 0 Å². The van der Waals surface area contributed by atoms with Crippen molar-refractivity contribution in [1.82, 2.24) is 14.6 Å². The maximum atomic E-state index is 6.34. The second kappa shape index (κ2) is 6.55. The molecule has 0 aliphatic carbocycles. The Hall–Kier alpha value is -1.89. The van der Waals surface area contributed by atoms with Crippen LogP contribution in [0.4, 0.5) is 5.82 Å². The van der Waals surface area contributed by atoms with E-state index in [1.54, 1.807) is 22.0 Å². The predicted molar refractivity (Wildman–Crippen MR) is 103 cm³/mol. The molecule has 3 heterocycles. The van der Waals surface area contributed by atoms with Crippen LogP contribution < -0.4 is 5.32 Å². The molecular formula is C17H12BrClN4S. The Morgan fingerprint density at radius 3 is 2.88 bits per heavy atom. The minimum atomic E-state index is 0.675. The lowest BCUT2D eigenvalue weighted by molar-refractivity contribution is 0.929. The fourth-order valence-corrected chi connectivity index (χ4v) is 3.69. The van der Waals surface area contributed by atoms with E-state index in [-0.39, 0.29) is 0 Å². The van der Waals surface area contributed by atoms with Crippen LogP contribution in [0, 0.1) is 0 Å². The maximum absolute atomic E-state index is 6.34. The second-order valence-electron chi connectivity index (χ2n) is 5.17. The molecule has 4 nitrogen and oxygen atoms in total. The number of halogens is 2. The van der Waals surface area contributed by atoms with Gasteiger partial charge < -0.3 is 5.32 Å². The Bertz CT molecular complexity index is 997. The molecule has 0 atom stereocenters. The normalized spacial score (nSPS) is 11.1. The quantitative estimate of drug-likeness (QED) is 0.476. The van der Waals surface area contributed by atoms with Gasteiger partial charge in [0, 0.05) is 21.5 Å². The zero-order valence-corrected chi connectivity index (χ0v) is 15.6. The van der Waals surface area contributed by atoms with Crippen molar-refractivity contribution in [3.63, 3.8) is 0 Å². The Labute approximate surface area is 156 Å². The van der Waals surface area contributed by atoms with Crippen LogP contribution in [0.15, 0.2) is 58.5 Å². The molecule has 0 spiro atoms. The molecule has 0 bridgehead atoms. The van der Waals surface area contributed by atoms with E-state index >= 15 is 0 Å². The number of fused-ring (bicyclic) bond motifs is 1. The Morgan fingerprint density at radius 1 is 1.21 bits per heavy atom. The molecule has 1 aromatic carbocycles. The van der Waals surface area contributed by atoms with E-state index in [0.717, 1.165) is 33.7 Å². The molecule has 4 rings (SSSR count). The second-order valence-corrected chi connectivity index (χ2v) is 7.46. The Morgan fingerprint density at radius 2 is 2.08 bits per heavy atom. The average molecular weight is 420 g/mol. The molecule has 0 aliphatic rings. The van der Waals surface area contributed by atoms with Gasteiger partial charge in [-0.15, -0.1) is 11.3 Å². The van der Waals surface area contributed by atoms with Crippen LogP contribution >= 0.6 is 38.9 Å². The minimum absolute atomic E-state index is 0.675. The van der Waals surface area contributed by atoms with Gasteiger partial charge in [0.1, 0.15) is 5.82 Å². The van der Waals surface area contributed by atoms with E-state index in [9.17, 15) is 0 Å². The van der Waals surface area contributed by atoms with E-state index in [4.69, 9.17) is 16.6 Å². The van der Waals surface area contributed by atoms with E-state index in [1.165, 1.54) is 4.88 Å². The summed E-state index contributed by atoms with van der Waals surface area (Å²) in [6, 6.07) is 13.8. The van der Waals surface area contributed by atoms with Crippen LogP contribution in [0.3, 0.4) is 0 Å². The van der Waals surface area contributed by atoms with Crippen molar-refractivity contribution in [1.29, 1.82) is 0 Å². The summed E-state index contributed by atoms with van der Waals surface area (Å²) in [4.78, 5) is 5.96. The van der Waals surface area contributed by atoms with Crippen LogP contribution in [0.2, 0.25) is 5.02 Å². The Kier molecular flexibility index (Phi) is 4.26. The molecule has 4 aromatic rings. The highest BCUT2D eigenvalue weighted by Crippen LogP contribution is 2.30. The SMILES string of the molecule is Clc1ccccc1-c1cc(NCc2cccs2)n2ncc(Br)c2n1. The summed E-state index contributed by atoms with van der Waals surface area (Å²) in [5.74, 6) is 0.869. The lowest BCUT2D eigenvalue weighted by Gasteiger charge is -2.11. The third-order valence-electron chi connectivity index (χ3n) is 3.60. The zero-order valence-electron chi connectivity index (χ0n) is 12.4. The summed E-state index contributed by atoms with van der Waals surface area (Å²) in [6.45, 7) is 0.732. The van der Waals surface area contributed by atoms with E-state index in [1.807, 2.05) is 36.4 Å². The summed E-state index contributed by atoms with van der Waals surface area (Å²) in [6.07, 6.45) is 1.75. The van der Waals surface area contributed by atoms with Crippen LogP contribution in [0.5, 0.6) is 0 Å². The van der Waals surface area contributed by atoms with Crippen molar-refractivity contribution in [2.75, 3.05) is 5.32 Å². The summed E-state index contributed by atoms with van der Waals surface area (Å²) in [5, 5.41) is 10.6. The number of nitrogens with one attached hydrogen (secondary N) is 1. The van der Waals surface area contributed by atoms with Crippen molar-refractivity contribution in [3.8, 4) is 11.3 Å². The first-order chi connectivity index (χ1) is 11.7. The number of rotatable bonds is 4. The van der Waals surface area contributed by atoms with Crippen LogP contribution in [-0.2, 0) is 6.54 Å². The fourth-order valence-electron chi connectivity index (χ4n) is 2.46. The number of hydrogen-bond acceptors (Lipinski definition) is 4. The topological polar surface area (TPSA) is 42.2 Å². The highest BCUT2D eigenvalue weighted by Gasteiger charge is 2.13. The number of aromatic nitrogens is 3. The van der Waals surface area contributed by atoms with Crippen molar-refractivity contribution in [2.45, 2.75) is 6.54 Å². The van der Waals surface area contributed by atoms with Gasteiger partial charge in [0.05, 0.1) is 22.9 Å². The lowest BCUT2D eigenvalue weighted by atomic mass is 10.1. The first kappa shape index (κ1) is 15.6. The molecule has 120 valence electrons. The first-order valence-electron chi connectivity index (χ1n) is 7.28. The molecule has 1 N–H and O–H groups in total. The largest absolute Gasteiger partial charge is 0.365 e. The number of anilines is 1. The van der Waals surface area contributed by atoms with E-state index in [0.29, 0.717) is 5.02 Å². The fraction of sp³-hybridized carbons (Fsp3) is 0.0588. The van der Waals surface area contributed by atoms with Crippen molar-refractivity contribution < 1.29 is 0 Å². The summed E-state index contributed by atoms with van der Waals surface area (Å²) >= 11 is 11.6. The van der Waals surface area contributed by atoms with Crippen LogP contribution in [0.25, 0.3) is 16.9 Å². The monoisotopic (exact) mass is 418 g/mol. The smallest absolute Gasteiger partial charge is 0.172 e. The molecule has 0 unspecified atom stereocenters. The van der Waals surface area contributed by atoms with E-state index < -0.39 is 0 Å². The highest BCUT2D eigenvalue weighted by molar-refractivity contribution is 9.10. The molecule has 0 amide bonds. The molecule has 7 heteroatoms. The lowest BCUT2D eigenvalue weighted by Crippen LogP contribution is -2.06. The van der Waals surface area contributed by atoms with Crippen molar-refractivity contribution >= 4 is 50.3 Å². The number of thiophene rings is 1. The average Bonchev–Trinajstić information content (AvgIpc) is 3.23. The van der Waals surface area contributed by atoms with E-state index in [2.05, 4.69) is 37.8 Å². The molecule has 24 heavy (non-hydrogen) atoms. The van der Waals surface area contributed by atoms with Crippen molar-refractivity contribution in [2.24, 2.45) is 0 Å². The third-order valence-corrected chi connectivity index (χ3v) is 5.37. The minimum Gasteiger partial charge on any atom is -0.365 e. The van der Waals surface area contributed by atoms with Gasteiger partial charge >= 0.3 is 0 Å². The van der Waals surface area contributed by atoms with Gasteiger partial charge in [0.2, 0.25) is 0 Å². The molecule has 3 aromatic heterocycles. The zero-order chi connectivity index (χ0) is 16.5. The number of benzene rings is 1. The summed E-state index contributed by atoms with van der Waals surface area (Å²) in [7, 11) is 0. The number of nitrogens with zero attached hydrogens (tertiary/aromatic N) is 3. The summed E-state index contributed by atoms with van der Waals surface area (Å²) in [5.41, 5.74) is 2.46. The predicted octanol–water partition coefficient (Wildman–Crippen LogP) is 5.49. The van der Waals surface area contributed by atoms with Gasteiger partial charge in [-0.05, 0) is 33.4 Å². The van der Waals surface area contributed by atoms with Crippen LogP contribution in [-0.4, -0.2) is 14.6 Å². The molecular weight excluding hydrogens is 408 g/mol. The molecule has 0 aliphatic heterocycles. The standard InChI is InChI=1S/C17H12BrClN4S/c18-13-10-21-23-16(20-9-11-4-3-7-24-11)8-15(22-17(13)23)12-5-1-2-6-14(12)19/h1-8,10,20H,9H2. The highest BCUT2D eigenvalue weighted by atomic mass is 79.9. The van der Waals surface area contributed by atoms with Gasteiger partial charge in [-0.1, -0.05) is 35.9 Å². The van der Waals surface area contributed by atoms with Crippen LogP contribution in [0.1, 0.15) is 4.88 Å². The van der Waals surface area contributed by atoms with Gasteiger partial charge in [-0.2, -0.15) is 9.61 Å². The molecule has 0 fully saturated rings. The third kappa shape index (κ3) is 2.92. The van der Waals surface area contributed by atoms with Crippen molar-refractivity contribution in [3.05, 3.63) is 68.4 Å². The summed E-state index contributed by atoms with van der Waals surface area (Å²) < 4.78 is 2.63. The molecule has 0 saturated carbocycles. The Balaban J connectivity index is 1.81. The first-order valence-corrected chi connectivity index (χ1v) is 9.33. The molecule has 0 radical (unpaired) electrons. The van der Waals surface area contributed by atoms with Gasteiger partial charge in [0.25, 0.3) is 0 Å². The number of hydrogen-bond donors (Lipinski definition) is 1. The maximum Gasteiger partial charge on any atom is 0.172 e.